The van der Waals surface area contributed by atoms with Crippen molar-refractivity contribution >= 4 is 34.0 Å². The zero-order chi connectivity index (χ0) is 20.2. The van der Waals surface area contributed by atoms with E-state index in [1.54, 1.807) is 12.1 Å². The summed E-state index contributed by atoms with van der Waals surface area (Å²) in [5.41, 5.74) is 3.19. The van der Waals surface area contributed by atoms with Gasteiger partial charge in [0.25, 0.3) is 5.91 Å². The molecule has 0 saturated heterocycles. The van der Waals surface area contributed by atoms with Gasteiger partial charge in [0.1, 0.15) is 5.01 Å². The van der Waals surface area contributed by atoms with Crippen LogP contribution in [0.4, 0.5) is 16.8 Å². The fourth-order valence-corrected chi connectivity index (χ4v) is 4.49. The second-order valence-electron chi connectivity index (χ2n) is 7.41. The minimum atomic E-state index is -0.189. The average molecular weight is 409 g/mol. The molecule has 4 rings (SSSR count). The number of rotatable bonds is 5. The summed E-state index contributed by atoms with van der Waals surface area (Å²) in [5, 5.41) is 16.1. The van der Waals surface area contributed by atoms with E-state index in [2.05, 4.69) is 30.8 Å². The van der Waals surface area contributed by atoms with Gasteiger partial charge in [0.15, 0.2) is 0 Å². The van der Waals surface area contributed by atoms with Crippen molar-refractivity contribution in [1.29, 1.82) is 0 Å². The Bertz CT molecular complexity index is 974. The minimum absolute atomic E-state index is 0.189. The van der Waals surface area contributed by atoms with E-state index in [0.717, 1.165) is 22.1 Å². The van der Waals surface area contributed by atoms with Crippen LogP contribution in [0.5, 0.6) is 0 Å². The Morgan fingerprint density at radius 1 is 1.00 bits per heavy atom. The number of benzene rings is 1. The number of aryl methyl sites for hydroxylation is 2. The van der Waals surface area contributed by atoms with Gasteiger partial charge < -0.3 is 5.32 Å². The van der Waals surface area contributed by atoms with Crippen LogP contribution in [0.3, 0.4) is 0 Å². The van der Waals surface area contributed by atoms with Gasteiger partial charge in [-0.05, 0) is 57.0 Å². The Morgan fingerprint density at radius 3 is 2.38 bits per heavy atom. The van der Waals surface area contributed by atoms with E-state index in [4.69, 9.17) is 0 Å². The lowest BCUT2D eigenvalue weighted by Gasteiger charge is -2.18. The molecule has 0 bridgehead atoms. The number of hydrogen-bond donors (Lipinski definition) is 2. The lowest BCUT2D eigenvalue weighted by atomic mass is 9.90. The first-order valence-electron chi connectivity index (χ1n) is 9.91. The molecule has 1 aliphatic carbocycles. The Morgan fingerprint density at radius 2 is 1.69 bits per heavy atom. The standard InChI is InChI=1S/C21H24N6OS/c1-13-12-14(2)23-20(22-13)24-17-10-8-15(9-11-17)18(28)25-21-27-26-19(29-21)16-6-4-3-5-7-16/h8-12,16H,3-7H2,1-2H3,(H,22,23,24)(H,25,27,28). The van der Waals surface area contributed by atoms with Gasteiger partial charge in [-0.25, -0.2) is 9.97 Å². The minimum Gasteiger partial charge on any atom is -0.324 e. The number of anilines is 3. The third-order valence-corrected chi connectivity index (χ3v) is 6.00. The summed E-state index contributed by atoms with van der Waals surface area (Å²) >= 11 is 1.49. The van der Waals surface area contributed by atoms with E-state index in [1.807, 2.05) is 32.0 Å². The summed E-state index contributed by atoms with van der Waals surface area (Å²) in [6, 6.07) is 9.13. The second kappa shape index (κ2) is 8.65. The van der Waals surface area contributed by atoms with Crippen LogP contribution in [0, 0.1) is 13.8 Å². The molecule has 0 aliphatic heterocycles. The van der Waals surface area contributed by atoms with E-state index >= 15 is 0 Å². The molecule has 1 aliphatic rings. The second-order valence-corrected chi connectivity index (χ2v) is 8.42. The van der Waals surface area contributed by atoms with Crippen LogP contribution in [-0.2, 0) is 0 Å². The molecule has 8 heteroatoms. The van der Waals surface area contributed by atoms with Crippen LogP contribution in [-0.4, -0.2) is 26.1 Å². The van der Waals surface area contributed by atoms with Crippen LogP contribution in [0.25, 0.3) is 0 Å². The zero-order valence-corrected chi connectivity index (χ0v) is 17.4. The van der Waals surface area contributed by atoms with E-state index in [9.17, 15) is 4.79 Å². The molecule has 3 aromatic rings. The first-order chi connectivity index (χ1) is 14.1. The number of carbonyl (C=O) groups is 1. The third-order valence-electron chi connectivity index (χ3n) is 5.00. The molecule has 150 valence electrons. The fraction of sp³-hybridized carbons (Fsp3) is 0.381. The van der Waals surface area contributed by atoms with Crippen LogP contribution < -0.4 is 10.6 Å². The summed E-state index contributed by atoms with van der Waals surface area (Å²) in [5.74, 6) is 0.846. The lowest BCUT2D eigenvalue weighted by molar-refractivity contribution is 0.102. The highest BCUT2D eigenvalue weighted by Gasteiger charge is 2.20. The topological polar surface area (TPSA) is 92.7 Å². The van der Waals surface area contributed by atoms with Crippen molar-refractivity contribution in [3.8, 4) is 0 Å². The molecule has 29 heavy (non-hydrogen) atoms. The number of carbonyl (C=O) groups excluding carboxylic acids is 1. The highest BCUT2D eigenvalue weighted by Crippen LogP contribution is 2.35. The van der Waals surface area contributed by atoms with Gasteiger partial charge in [-0.1, -0.05) is 30.6 Å². The molecule has 2 N–H and O–H groups in total. The molecule has 2 aromatic heterocycles. The van der Waals surface area contributed by atoms with Gasteiger partial charge in [0, 0.05) is 28.6 Å². The summed E-state index contributed by atoms with van der Waals surface area (Å²) in [6.45, 7) is 3.86. The molecule has 7 nitrogen and oxygen atoms in total. The van der Waals surface area contributed by atoms with Crippen molar-refractivity contribution < 1.29 is 4.79 Å². The van der Waals surface area contributed by atoms with Crippen LogP contribution in [0.15, 0.2) is 30.3 Å². The number of hydrogen-bond acceptors (Lipinski definition) is 7. The van der Waals surface area contributed by atoms with Gasteiger partial charge in [-0.15, -0.1) is 10.2 Å². The van der Waals surface area contributed by atoms with E-state index in [-0.39, 0.29) is 5.91 Å². The smallest absolute Gasteiger partial charge is 0.257 e. The predicted octanol–water partition coefficient (Wildman–Crippen LogP) is 4.99. The molecule has 1 aromatic carbocycles. The van der Waals surface area contributed by atoms with E-state index in [0.29, 0.717) is 22.6 Å². The normalized spacial score (nSPS) is 14.6. The fourth-order valence-electron chi connectivity index (χ4n) is 3.58. The summed E-state index contributed by atoms with van der Waals surface area (Å²) in [7, 11) is 0. The zero-order valence-electron chi connectivity index (χ0n) is 16.6. The molecular weight excluding hydrogens is 384 g/mol. The number of nitrogens with zero attached hydrogens (tertiary/aromatic N) is 4. The average Bonchev–Trinajstić information content (AvgIpc) is 3.17. The molecule has 1 saturated carbocycles. The molecule has 2 heterocycles. The van der Waals surface area contributed by atoms with Crippen molar-refractivity contribution in [2.75, 3.05) is 10.6 Å². The van der Waals surface area contributed by atoms with Gasteiger partial charge in [-0.2, -0.15) is 0 Å². The van der Waals surface area contributed by atoms with Crippen LogP contribution in [0.2, 0.25) is 0 Å². The maximum Gasteiger partial charge on any atom is 0.257 e. The van der Waals surface area contributed by atoms with E-state index < -0.39 is 0 Å². The predicted molar refractivity (Wildman–Crippen MR) is 115 cm³/mol. The SMILES string of the molecule is Cc1cc(C)nc(Nc2ccc(C(=O)Nc3nnc(C4CCCCC4)s3)cc2)n1. The molecule has 0 unspecified atom stereocenters. The van der Waals surface area contributed by atoms with Crippen LogP contribution in [0.1, 0.15) is 64.8 Å². The van der Waals surface area contributed by atoms with E-state index in [1.165, 1.54) is 43.4 Å². The largest absolute Gasteiger partial charge is 0.324 e. The van der Waals surface area contributed by atoms with Gasteiger partial charge in [0.05, 0.1) is 0 Å². The Labute approximate surface area is 174 Å². The quantitative estimate of drug-likeness (QED) is 0.618. The monoisotopic (exact) mass is 408 g/mol. The number of aromatic nitrogens is 4. The number of amides is 1. The molecule has 1 fully saturated rings. The Balaban J connectivity index is 1.38. The van der Waals surface area contributed by atoms with Crippen molar-refractivity contribution in [3.63, 3.8) is 0 Å². The Hall–Kier alpha value is -2.87. The molecule has 0 atom stereocenters. The molecule has 1 amide bonds. The highest BCUT2D eigenvalue weighted by atomic mass is 32.1. The van der Waals surface area contributed by atoms with Crippen molar-refractivity contribution in [3.05, 3.63) is 52.3 Å². The lowest BCUT2D eigenvalue weighted by Crippen LogP contribution is -2.11. The molecule has 0 radical (unpaired) electrons. The highest BCUT2D eigenvalue weighted by molar-refractivity contribution is 7.15. The maximum atomic E-state index is 12.5. The summed E-state index contributed by atoms with van der Waals surface area (Å²) in [6.07, 6.45) is 6.14. The first-order valence-corrected chi connectivity index (χ1v) is 10.7. The van der Waals surface area contributed by atoms with Crippen molar-refractivity contribution in [2.45, 2.75) is 51.9 Å². The molecular formula is C21H24N6OS. The Kier molecular flexibility index (Phi) is 5.80. The summed E-state index contributed by atoms with van der Waals surface area (Å²) < 4.78 is 0. The van der Waals surface area contributed by atoms with Crippen molar-refractivity contribution in [1.82, 2.24) is 20.2 Å². The number of nitrogens with one attached hydrogen (secondary N) is 2. The van der Waals surface area contributed by atoms with Gasteiger partial charge in [0.2, 0.25) is 11.1 Å². The maximum absolute atomic E-state index is 12.5. The van der Waals surface area contributed by atoms with Crippen molar-refractivity contribution in [2.24, 2.45) is 0 Å². The van der Waals surface area contributed by atoms with Gasteiger partial charge >= 0.3 is 0 Å². The first kappa shape index (κ1) is 19.4. The molecule has 0 spiro atoms. The third kappa shape index (κ3) is 4.95. The summed E-state index contributed by atoms with van der Waals surface area (Å²) in [4.78, 5) is 21.3. The van der Waals surface area contributed by atoms with Crippen LogP contribution >= 0.6 is 11.3 Å². The van der Waals surface area contributed by atoms with Gasteiger partial charge in [-0.3, -0.25) is 10.1 Å².